The molecule has 208 valence electrons. The second-order valence-electron chi connectivity index (χ2n) is 9.31. The fraction of sp³-hybridized carbons (Fsp3) is 0.480. The Morgan fingerprint density at radius 1 is 1.00 bits per heavy atom. The number of H-pyrrole nitrogens is 1. The highest BCUT2D eigenvalue weighted by atomic mass is 32.2. The molecule has 12 nitrogen and oxygen atoms in total. The minimum atomic E-state index is -1.42. The number of aliphatic carboxylic acids is 1. The van der Waals surface area contributed by atoms with E-state index in [4.69, 9.17) is 11.5 Å². The van der Waals surface area contributed by atoms with E-state index in [9.17, 15) is 29.1 Å². The van der Waals surface area contributed by atoms with Crippen molar-refractivity contribution in [3.05, 3.63) is 36.0 Å². The maximum absolute atomic E-state index is 13.1. The predicted octanol–water partition coefficient (Wildman–Crippen LogP) is -0.139. The van der Waals surface area contributed by atoms with Crippen LogP contribution in [-0.2, 0) is 30.4 Å². The molecular weight excluding hydrogens is 512 g/mol. The van der Waals surface area contributed by atoms with E-state index in [0.29, 0.717) is 5.75 Å². The van der Waals surface area contributed by atoms with Crippen LogP contribution < -0.4 is 27.4 Å². The summed E-state index contributed by atoms with van der Waals surface area (Å²) in [6.45, 7) is 3.21. The number of nitrogens with two attached hydrogens (primary N) is 2. The number of carbonyl (C=O) groups excluding carboxylic acids is 4. The highest BCUT2D eigenvalue weighted by Crippen LogP contribution is 2.19. The summed E-state index contributed by atoms with van der Waals surface area (Å²) in [6.07, 6.45) is 3.52. The number of nitrogens with one attached hydrogen (secondary N) is 4. The van der Waals surface area contributed by atoms with Gasteiger partial charge in [0.1, 0.15) is 18.1 Å². The van der Waals surface area contributed by atoms with E-state index in [-0.39, 0.29) is 12.8 Å². The first kappa shape index (κ1) is 30.6. The lowest BCUT2D eigenvalue weighted by Gasteiger charge is -2.25. The Labute approximate surface area is 225 Å². The second kappa shape index (κ2) is 14.4. The van der Waals surface area contributed by atoms with Crippen LogP contribution in [0.1, 0.15) is 32.3 Å². The molecule has 0 radical (unpaired) electrons. The zero-order chi connectivity index (χ0) is 28.4. The van der Waals surface area contributed by atoms with Gasteiger partial charge in [0.2, 0.25) is 23.6 Å². The number of hydrogen-bond acceptors (Lipinski definition) is 7. The van der Waals surface area contributed by atoms with Gasteiger partial charge in [-0.25, -0.2) is 4.79 Å². The summed E-state index contributed by atoms with van der Waals surface area (Å²) in [5, 5.41) is 17.7. The predicted molar refractivity (Wildman–Crippen MR) is 145 cm³/mol. The number of aromatic nitrogens is 1. The van der Waals surface area contributed by atoms with Crippen molar-refractivity contribution in [3.8, 4) is 0 Å². The van der Waals surface area contributed by atoms with Crippen molar-refractivity contribution in [2.24, 2.45) is 17.4 Å². The monoisotopic (exact) mass is 548 g/mol. The third-order valence-corrected chi connectivity index (χ3v) is 6.61. The van der Waals surface area contributed by atoms with Gasteiger partial charge in [-0.05, 0) is 42.4 Å². The van der Waals surface area contributed by atoms with Crippen LogP contribution in [-0.4, -0.2) is 75.9 Å². The molecule has 0 aliphatic heterocycles. The number of benzene rings is 1. The van der Waals surface area contributed by atoms with Crippen molar-refractivity contribution >= 4 is 52.3 Å². The SMILES string of the molecule is CSCCC(NC(=O)C(N)Cc1c[nH]c2ccccc12)C(=O)NC(CC(N)=O)C(=O)NC(C(=O)O)C(C)C. The number of aromatic amines is 1. The molecule has 0 saturated heterocycles. The Bertz CT molecular complexity index is 1150. The first-order chi connectivity index (χ1) is 17.9. The Hall–Kier alpha value is -3.58. The molecule has 1 aromatic carbocycles. The van der Waals surface area contributed by atoms with E-state index in [1.54, 1.807) is 20.0 Å². The van der Waals surface area contributed by atoms with Crippen LogP contribution in [0, 0.1) is 5.92 Å². The smallest absolute Gasteiger partial charge is 0.326 e. The van der Waals surface area contributed by atoms with E-state index in [2.05, 4.69) is 20.9 Å². The maximum atomic E-state index is 13.1. The molecule has 4 atom stereocenters. The lowest BCUT2D eigenvalue weighted by Crippen LogP contribution is -2.58. The summed E-state index contributed by atoms with van der Waals surface area (Å²) in [4.78, 5) is 65.0. The third-order valence-electron chi connectivity index (χ3n) is 5.96. The average Bonchev–Trinajstić information content (AvgIpc) is 3.26. The summed E-state index contributed by atoms with van der Waals surface area (Å²) in [7, 11) is 0. The summed E-state index contributed by atoms with van der Waals surface area (Å²) < 4.78 is 0. The highest BCUT2D eigenvalue weighted by molar-refractivity contribution is 7.98. The fourth-order valence-corrected chi connectivity index (χ4v) is 4.33. The number of fused-ring (bicyclic) bond motifs is 1. The molecule has 1 aromatic heterocycles. The summed E-state index contributed by atoms with van der Waals surface area (Å²) in [5.41, 5.74) is 13.2. The Balaban J connectivity index is 2.13. The standard InChI is InChI=1S/C25H36N6O6S/c1-13(2)21(25(36)37)31-24(35)19(11-20(27)32)30-23(34)18(8-9-38-3)29-22(33)16(26)10-14-12-28-17-7-5-4-6-15(14)17/h4-7,12-13,16,18-19,21,28H,8-11,26H2,1-3H3,(H2,27,32)(H,29,33)(H,30,34)(H,31,35)(H,36,37). The molecule has 2 rings (SSSR count). The number of carbonyl (C=O) groups is 5. The van der Waals surface area contributed by atoms with E-state index in [1.165, 1.54) is 11.8 Å². The molecule has 1 heterocycles. The number of carboxylic acids is 1. The number of amides is 4. The zero-order valence-electron chi connectivity index (χ0n) is 21.7. The first-order valence-electron chi connectivity index (χ1n) is 12.2. The number of thioether (sulfide) groups is 1. The third kappa shape index (κ3) is 8.77. The van der Waals surface area contributed by atoms with Crippen LogP contribution in [0.2, 0.25) is 0 Å². The maximum Gasteiger partial charge on any atom is 0.326 e. The van der Waals surface area contributed by atoms with Crippen molar-refractivity contribution in [2.75, 3.05) is 12.0 Å². The number of hydrogen-bond donors (Lipinski definition) is 7. The van der Waals surface area contributed by atoms with E-state index >= 15 is 0 Å². The molecule has 0 spiro atoms. The molecule has 0 aliphatic carbocycles. The van der Waals surface area contributed by atoms with Crippen LogP contribution in [0.4, 0.5) is 0 Å². The van der Waals surface area contributed by atoms with Crippen molar-refractivity contribution in [2.45, 2.75) is 57.3 Å². The minimum absolute atomic E-state index is 0.227. The van der Waals surface area contributed by atoms with Gasteiger partial charge >= 0.3 is 5.97 Å². The topological polar surface area (TPSA) is 209 Å². The normalized spacial score (nSPS) is 14.3. The first-order valence-corrected chi connectivity index (χ1v) is 13.6. The van der Waals surface area contributed by atoms with Crippen molar-refractivity contribution in [1.29, 1.82) is 0 Å². The molecule has 0 aliphatic rings. The molecular formula is C25H36N6O6S. The number of para-hydroxylation sites is 1. The van der Waals surface area contributed by atoms with Crippen molar-refractivity contribution in [1.82, 2.24) is 20.9 Å². The molecule has 2 aromatic rings. The summed E-state index contributed by atoms with van der Waals surface area (Å²) in [6, 6.07) is 2.94. The van der Waals surface area contributed by atoms with Gasteiger partial charge in [0.25, 0.3) is 0 Å². The molecule has 9 N–H and O–H groups in total. The molecule has 4 amide bonds. The lowest BCUT2D eigenvalue weighted by molar-refractivity contribution is -0.143. The van der Waals surface area contributed by atoms with Crippen LogP contribution in [0.15, 0.2) is 30.5 Å². The number of primary amides is 1. The highest BCUT2D eigenvalue weighted by Gasteiger charge is 2.32. The minimum Gasteiger partial charge on any atom is -0.480 e. The van der Waals surface area contributed by atoms with Crippen LogP contribution in [0.3, 0.4) is 0 Å². The van der Waals surface area contributed by atoms with E-state index in [0.717, 1.165) is 16.5 Å². The average molecular weight is 549 g/mol. The van der Waals surface area contributed by atoms with Crippen LogP contribution in [0.5, 0.6) is 0 Å². The quantitative estimate of drug-likeness (QED) is 0.159. The van der Waals surface area contributed by atoms with Gasteiger partial charge in [-0.1, -0.05) is 32.0 Å². The molecule has 38 heavy (non-hydrogen) atoms. The molecule has 4 unspecified atom stereocenters. The Kier molecular flexibility index (Phi) is 11.6. The lowest BCUT2D eigenvalue weighted by atomic mass is 10.0. The van der Waals surface area contributed by atoms with Gasteiger partial charge in [-0.2, -0.15) is 11.8 Å². The van der Waals surface area contributed by atoms with Crippen LogP contribution >= 0.6 is 11.8 Å². The van der Waals surface area contributed by atoms with Gasteiger partial charge in [0, 0.05) is 17.1 Å². The number of rotatable bonds is 15. The Morgan fingerprint density at radius 3 is 2.24 bits per heavy atom. The molecule has 0 saturated carbocycles. The summed E-state index contributed by atoms with van der Waals surface area (Å²) >= 11 is 1.45. The van der Waals surface area contributed by atoms with E-state index in [1.807, 2.05) is 30.5 Å². The van der Waals surface area contributed by atoms with Crippen molar-refractivity contribution < 1.29 is 29.1 Å². The Morgan fingerprint density at radius 2 is 1.63 bits per heavy atom. The molecule has 13 heteroatoms. The number of carboxylic acid groups (broad SMARTS) is 1. The second-order valence-corrected chi connectivity index (χ2v) is 10.3. The van der Waals surface area contributed by atoms with Crippen LogP contribution in [0.25, 0.3) is 10.9 Å². The summed E-state index contributed by atoms with van der Waals surface area (Å²) in [5.74, 6) is -4.21. The van der Waals surface area contributed by atoms with Crippen molar-refractivity contribution in [3.63, 3.8) is 0 Å². The van der Waals surface area contributed by atoms with Gasteiger partial charge in [0.15, 0.2) is 0 Å². The fourth-order valence-electron chi connectivity index (χ4n) is 3.86. The van der Waals surface area contributed by atoms with Gasteiger partial charge in [0.05, 0.1) is 12.5 Å². The van der Waals surface area contributed by atoms with Gasteiger partial charge in [-0.15, -0.1) is 0 Å². The largest absolute Gasteiger partial charge is 0.480 e. The van der Waals surface area contributed by atoms with E-state index < -0.39 is 66.1 Å². The molecule has 0 fully saturated rings. The zero-order valence-corrected chi connectivity index (χ0v) is 22.5. The van der Waals surface area contributed by atoms with Gasteiger partial charge < -0.3 is 37.5 Å². The van der Waals surface area contributed by atoms with Gasteiger partial charge in [-0.3, -0.25) is 19.2 Å². The molecule has 0 bridgehead atoms.